The van der Waals surface area contributed by atoms with Crippen molar-refractivity contribution in [3.8, 4) is 11.6 Å². The van der Waals surface area contributed by atoms with Crippen LogP contribution in [0.3, 0.4) is 0 Å². The van der Waals surface area contributed by atoms with Gasteiger partial charge in [0.2, 0.25) is 5.88 Å². The Morgan fingerprint density at radius 3 is 2.32 bits per heavy atom. The smallest absolute Gasteiger partial charge is 0.434 e. The second-order valence-corrected chi connectivity index (χ2v) is 3.35. The molecular formula is C11H12F3NO4. The number of rotatable bonds is 5. The molecule has 0 fully saturated rings. The van der Waals surface area contributed by atoms with Crippen molar-refractivity contribution in [3.63, 3.8) is 0 Å². The van der Waals surface area contributed by atoms with E-state index in [4.69, 9.17) is 14.6 Å². The molecule has 0 atom stereocenters. The van der Waals surface area contributed by atoms with Gasteiger partial charge in [-0.15, -0.1) is 0 Å². The molecule has 0 aliphatic heterocycles. The normalized spacial score (nSPS) is 11.2. The summed E-state index contributed by atoms with van der Waals surface area (Å²) in [4.78, 5) is 14.2. The Morgan fingerprint density at radius 1 is 1.32 bits per heavy atom. The molecule has 0 saturated carbocycles. The molecule has 1 heterocycles. The van der Waals surface area contributed by atoms with Crippen molar-refractivity contribution in [3.05, 3.63) is 17.3 Å². The zero-order valence-electron chi connectivity index (χ0n) is 10.2. The van der Waals surface area contributed by atoms with Gasteiger partial charge in [-0.05, 0) is 13.8 Å². The van der Waals surface area contributed by atoms with E-state index in [1.54, 1.807) is 6.92 Å². The number of aromatic nitrogens is 1. The lowest BCUT2D eigenvalue weighted by Gasteiger charge is -2.15. The summed E-state index contributed by atoms with van der Waals surface area (Å²) in [6, 6.07) is 1.03. The second-order valence-electron chi connectivity index (χ2n) is 3.35. The molecule has 106 valence electrons. The number of alkyl halides is 3. The first-order chi connectivity index (χ1) is 8.81. The average Bonchev–Trinajstić information content (AvgIpc) is 2.27. The quantitative estimate of drug-likeness (QED) is 0.897. The Hall–Kier alpha value is -1.99. The summed E-state index contributed by atoms with van der Waals surface area (Å²) in [5, 5.41) is 8.90. The van der Waals surface area contributed by atoms with Gasteiger partial charge in [0.05, 0.1) is 13.2 Å². The maximum atomic E-state index is 12.8. The zero-order chi connectivity index (χ0) is 14.6. The number of carbonyl (C=O) groups is 1. The summed E-state index contributed by atoms with van der Waals surface area (Å²) in [5.74, 6) is -2.50. The Morgan fingerprint density at radius 2 is 1.89 bits per heavy atom. The van der Waals surface area contributed by atoms with Gasteiger partial charge in [-0.3, -0.25) is 0 Å². The fourth-order valence-electron chi connectivity index (χ4n) is 1.40. The van der Waals surface area contributed by atoms with Crippen LogP contribution in [0.2, 0.25) is 0 Å². The lowest BCUT2D eigenvalue weighted by Crippen LogP contribution is -2.18. The molecule has 19 heavy (non-hydrogen) atoms. The van der Waals surface area contributed by atoms with Crippen LogP contribution >= 0.6 is 0 Å². The number of aromatic carboxylic acids is 1. The molecule has 1 rings (SSSR count). The molecule has 0 amide bonds. The highest BCUT2D eigenvalue weighted by molar-refractivity contribution is 5.92. The number of carboxylic acids is 1. The van der Waals surface area contributed by atoms with E-state index in [9.17, 15) is 18.0 Å². The highest BCUT2D eigenvalue weighted by atomic mass is 19.4. The third-order valence-corrected chi connectivity index (χ3v) is 2.03. The molecule has 0 bridgehead atoms. The molecule has 0 saturated heterocycles. The topological polar surface area (TPSA) is 68.7 Å². The van der Waals surface area contributed by atoms with Crippen molar-refractivity contribution in [2.45, 2.75) is 20.0 Å². The highest BCUT2D eigenvalue weighted by Crippen LogP contribution is 2.36. The van der Waals surface area contributed by atoms with E-state index in [-0.39, 0.29) is 19.1 Å². The van der Waals surface area contributed by atoms with E-state index in [1.807, 2.05) is 0 Å². The predicted octanol–water partition coefficient (Wildman–Crippen LogP) is 2.60. The molecule has 0 spiro atoms. The lowest BCUT2D eigenvalue weighted by molar-refractivity contribution is -0.142. The number of carboxylic acid groups (broad SMARTS) is 1. The molecule has 1 aromatic rings. The predicted molar refractivity (Wildman–Crippen MR) is 58.5 cm³/mol. The van der Waals surface area contributed by atoms with E-state index in [2.05, 4.69) is 4.98 Å². The van der Waals surface area contributed by atoms with Crippen LogP contribution in [0.5, 0.6) is 11.6 Å². The summed E-state index contributed by atoms with van der Waals surface area (Å²) in [6.07, 6.45) is -4.91. The zero-order valence-corrected chi connectivity index (χ0v) is 10.2. The van der Waals surface area contributed by atoms with Crippen molar-refractivity contribution in [2.24, 2.45) is 0 Å². The van der Waals surface area contributed by atoms with Crippen LogP contribution in [0.1, 0.15) is 29.9 Å². The van der Waals surface area contributed by atoms with Crippen LogP contribution in [0.15, 0.2) is 6.07 Å². The molecule has 0 radical (unpaired) electrons. The summed E-state index contributed by atoms with van der Waals surface area (Å²) in [5.41, 5.74) is -2.55. The largest absolute Gasteiger partial charge is 0.493 e. The Labute approximate surface area is 107 Å². The minimum Gasteiger partial charge on any atom is -0.493 e. The molecule has 1 aromatic heterocycles. The maximum absolute atomic E-state index is 12.8. The SMILES string of the molecule is CCOc1cc(OCC)c(C(=O)O)c(C(F)(F)F)n1. The standard InChI is InChI=1S/C11H12F3NO4/c1-3-18-6-5-7(19-4-2)15-9(11(12,13)14)8(6)10(16)17/h5H,3-4H2,1-2H3,(H,16,17). The van der Waals surface area contributed by atoms with Gasteiger partial charge < -0.3 is 14.6 Å². The first-order valence-electron chi connectivity index (χ1n) is 5.42. The first kappa shape index (κ1) is 15.1. The summed E-state index contributed by atoms with van der Waals surface area (Å²) >= 11 is 0. The lowest BCUT2D eigenvalue weighted by atomic mass is 10.1. The van der Waals surface area contributed by atoms with Gasteiger partial charge >= 0.3 is 12.1 Å². The molecule has 0 aliphatic carbocycles. The summed E-state index contributed by atoms with van der Waals surface area (Å²) in [6.45, 7) is 3.22. The van der Waals surface area contributed by atoms with Gasteiger partial charge in [0.15, 0.2) is 5.69 Å². The molecular weight excluding hydrogens is 267 g/mol. The van der Waals surface area contributed by atoms with Gasteiger partial charge in [-0.1, -0.05) is 0 Å². The van der Waals surface area contributed by atoms with E-state index in [0.29, 0.717) is 0 Å². The number of hydrogen-bond acceptors (Lipinski definition) is 4. The van der Waals surface area contributed by atoms with Crippen molar-refractivity contribution in [2.75, 3.05) is 13.2 Å². The Balaban J connectivity index is 3.51. The fourth-order valence-corrected chi connectivity index (χ4v) is 1.40. The summed E-state index contributed by atoms with van der Waals surface area (Å²) < 4.78 is 48.2. The van der Waals surface area contributed by atoms with Crippen molar-refractivity contribution in [1.29, 1.82) is 0 Å². The highest BCUT2D eigenvalue weighted by Gasteiger charge is 2.40. The van der Waals surface area contributed by atoms with Crippen molar-refractivity contribution >= 4 is 5.97 Å². The molecule has 8 heteroatoms. The molecule has 1 N–H and O–H groups in total. The van der Waals surface area contributed by atoms with E-state index >= 15 is 0 Å². The Bertz CT molecular complexity index is 474. The van der Waals surface area contributed by atoms with E-state index in [1.165, 1.54) is 6.92 Å². The number of halogens is 3. The molecule has 5 nitrogen and oxygen atoms in total. The third kappa shape index (κ3) is 3.49. The van der Waals surface area contributed by atoms with Crippen LogP contribution < -0.4 is 9.47 Å². The first-order valence-corrected chi connectivity index (χ1v) is 5.42. The number of ether oxygens (including phenoxy) is 2. The van der Waals surface area contributed by atoms with E-state index in [0.717, 1.165) is 6.07 Å². The van der Waals surface area contributed by atoms with Crippen molar-refractivity contribution < 1.29 is 32.5 Å². The van der Waals surface area contributed by atoms with Crippen LogP contribution in [0.4, 0.5) is 13.2 Å². The average molecular weight is 279 g/mol. The maximum Gasteiger partial charge on any atom is 0.434 e. The van der Waals surface area contributed by atoms with Crippen LogP contribution in [-0.4, -0.2) is 29.3 Å². The molecule has 0 unspecified atom stereocenters. The van der Waals surface area contributed by atoms with Gasteiger partial charge in [0.25, 0.3) is 0 Å². The van der Waals surface area contributed by atoms with Gasteiger partial charge in [-0.2, -0.15) is 13.2 Å². The van der Waals surface area contributed by atoms with E-state index < -0.39 is 29.2 Å². The minimum atomic E-state index is -4.91. The molecule has 0 aromatic carbocycles. The van der Waals surface area contributed by atoms with Gasteiger partial charge in [0, 0.05) is 6.07 Å². The monoisotopic (exact) mass is 279 g/mol. The minimum absolute atomic E-state index is 0.0210. The van der Waals surface area contributed by atoms with Gasteiger partial charge in [-0.25, -0.2) is 9.78 Å². The van der Waals surface area contributed by atoms with Crippen molar-refractivity contribution in [1.82, 2.24) is 4.98 Å². The summed E-state index contributed by atoms with van der Waals surface area (Å²) in [7, 11) is 0. The molecule has 0 aliphatic rings. The number of pyridine rings is 1. The van der Waals surface area contributed by atoms with Crippen LogP contribution in [0, 0.1) is 0 Å². The third-order valence-electron chi connectivity index (χ3n) is 2.03. The van der Waals surface area contributed by atoms with Gasteiger partial charge in [0.1, 0.15) is 11.3 Å². The number of nitrogens with zero attached hydrogens (tertiary/aromatic N) is 1. The second kappa shape index (κ2) is 5.77. The van der Waals surface area contributed by atoms with Crippen LogP contribution in [-0.2, 0) is 6.18 Å². The van der Waals surface area contributed by atoms with Crippen LogP contribution in [0.25, 0.3) is 0 Å². The Kier molecular flexibility index (Phi) is 4.57. The number of hydrogen-bond donors (Lipinski definition) is 1. The fraction of sp³-hybridized carbons (Fsp3) is 0.455.